The van der Waals surface area contributed by atoms with Crippen molar-refractivity contribution in [2.24, 2.45) is 0 Å². The molecule has 0 saturated carbocycles. The Bertz CT molecular complexity index is 2630. The van der Waals surface area contributed by atoms with Crippen LogP contribution >= 0.6 is 12.0 Å². The monoisotopic (exact) mass is 939 g/mol. The van der Waals surface area contributed by atoms with Crippen molar-refractivity contribution in [1.82, 2.24) is 0 Å². The SMILES string of the molecule is CC1(C)C(C=CC2=C(c3ccccc3)C(=C/C=C3/N(CCS(=O)(=O)[O-])c4ccc(S(=O)(=O)[O-])cc4C3(C)C)CCC2)=[N+](CCS(=O)(=O)O)c2ccc(SOO[O-])cc21.[Na+].[Na+].[Na+]. The molecule has 1 N–H and O–H groups in total. The predicted molar refractivity (Wildman–Crippen MR) is 216 cm³/mol. The number of hydrogen-bond donors (Lipinski definition) is 1. The molecule has 1 aliphatic carbocycles. The Balaban J connectivity index is 0.00000331. The van der Waals surface area contributed by atoms with Crippen molar-refractivity contribution in [2.75, 3.05) is 29.5 Å². The van der Waals surface area contributed by atoms with Gasteiger partial charge in [-0.2, -0.15) is 17.3 Å². The van der Waals surface area contributed by atoms with Gasteiger partial charge in [0.15, 0.2) is 12.3 Å². The van der Waals surface area contributed by atoms with Crippen LogP contribution in [-0.2, 0) is 50.6 Å². The average molecular weight is 940 g/mol. The maximum atomic E-state index is 12.0. The predicted octanol–water partition coefficient (Wildman–Crippen LogP) is -3.56. The maximum Gasteiger partial charge on any atom is 1.00 e. The van der Waals surface area contributed by atoms with E-state index in [0.29, 0.717) is 34.7 Å². The normalized spacial score (nSPS) is 18.5. The quantitative estimate of drug-likeness (QED) is 0.0414. The number of allylic oxidation sites excluding steroid dienone is 8. The minimum Gasteiger partial charge on any atom is -0.748 e. The molecule has 0 unspecified atom stereocenters. The summed E-state index contributed by atoms with van der Waals surface area (Å²) < 4.78 is 111. The van der Waals surface area contributed by atoms with Gasteiger partial charge in [0.25, 0.3) is 10.1 Å². The van der Waals surface area contributed by atoms with Crippen LogP contribution in [0.2, 0.25) is 0 Å². The van der Waals surface area contributed by atoms with Crippen molar-refractivity contribution in [1.29, 1.82) is 0 Å². The van der Waals surface area contributed by atoms with Crippen LogP contribution in [0.4, 0.5) is 11.4 Å². The third-order valence-electron chi connectivity index (χ3n) is 10.8. The first kappa shape index (κ1) is 54.4. The van der Waals surface area contributed by atoms with Gasteiger partial charge in [-0.05, 0) is 97.4 Å². The molecule has 0 aromatic heterocycles. The van der Waals surface area contributed by atoms with Crippen LogP contribution in [0, 0.1) is 0 Å². The summed E-state index contributed by atoms with van der Waals surface area (Å²) in [5, 5.41) is 14.0. The van der Waals surface area contributed by atoms with Gasteiger partial charge in [-0.1, -0.05) is 56.3 Å². The summed E-state index contributed by atoms with van der Waals surface area (Å²) in [4.78, 5) is 1.85. The topological polar surface area (TPSA) is 217 Å². The number of rotatable bonds is 14. The second-order valence-corrected chi connectivity index (χ2v) is 20.5. The summed E-state index contributed by atoms with van der Waals surface area (Å²) in [5.41, 5.74) is 6.19. The van der Waals surface area contributed by atoms with Gasteiger partial charge in [-0.3, -0.25) is 9.59 Å². The smallest absolute Gasteiger partial charge is 0.748 e. The fourth-order valence-corrected chi connectivity index (χ4v) is 9.77. The Kier molecular flexibility index (Phi) is 19.2. The van der Waals surface area contributed by atoms with Crippen LogP contribution < -0.4 is 98.8 Å². The fourth-order valence-electron chi connectivity index (χ4n) is 8.05. The molecule has 0 bridgehead atoms. The summed E-state index contributed by atoms with van der Waals surface area (Å²) in [5.74, 6) is -1.22. The van der Waals surface area contributed by atoms with Gasteiger partial charge >= 0.3 is 88.7 Å². The van der Waals surface area contributed by atoms with E-state index in [9.17, 15) is 44.2 Å². The Morgan fingerprint density at radius 1 is 0.836 bits per heavy atom. The second kappa shape index (κ2) is 21.6. The molecule has 3 aromatic carbocycles. The van der Waals surface area contributed by atoms with Crippen LogP contribution in [-0.4, -0.2) is 73.8 Å². The molecule has 2 aliphatic heterocycles. The number of hydrogen-bond acceptors (Lipinski definition) is 13. The van der Waals surface area contributed by atoms with Crippen molar-refractivity contribution in [3.05, 3.63) is 125 Å². The van der Waals surface area contributed by atoms with Crippen molar-refractivity contribution >= 4 is 65.1 Å². The first-order valence-electron chi connectivity index (χ1n) is 18.2. The first-order valence-corrected chi connectivity index (χ1v) is 23.5. The van der Waals surface area contributed by atoms with E-state index in [2.05, 4.69) is 9.37 Å². The molecule has 310 valence electrons. The van der Waals surface area contributed by atoms with E-state index in [0.717, 1.165) is 57.7 Å². The van der Waals surface area contributed by atoms with Gasteiger partial charge < -0.3 is 19.3 Å². The standard InChI is InChI=1S/C40H44N2O12S4.3Na/c1-39(2)32-25-30(55-54-53-43)15-17-34(32)41(21-23-56(44,45)46)36(39)19-13-28-11-8-12-29(38(28)27-9-6-5-7-10-27)14-20-37-40(3,4)33-26-31(58(50,51)52)16-18-35(33)42(37)22-24-57(47,48)49;;;/h5-7,9-10,13-20,25-26H,8,11-12,21-24H2,1-4H3,(H3-,43,44,45,46,47,48,49,50,51,52);;;/q;3*+1/p-2. The van der Waals surface area contributed by atoms with Gasteiger partial charge in [-0.15, -0.1) is 0 Å². The molecule has 14 nitrogen and oxygen atoms in total. The molecule has 0 spiro atoms. The van der Waals surface area contributed by atoms with E-state index in [1.807, 2.05) is 93.0 Å². The molecular weight excluding hydrogens is 898 g/mol. The Labute approximate surface area is 428 Å². The van der Waals surface area contributed by atoms with Crippen molar-refractivity contribution in [3.63, 3.8) is 0 Å². The van der Waals surface area contributed by atoms with Crippen LogP contribution in [0.1, 0.15) is 63.6 Å². The molecule has 3 aliphatic rings. The van der Waals surface area contributed by atoms with Crippen LogP contribution in [0.15, 0.2) is 118 Å². The Morgan fingerprint density at radius 3 is 2.15 bits per heavy atom. The molecule has 0 radical (unpaired) electrons. The number of nitrogens with zero attached hydrogens (tertiary/aromatic N) is 2. The number of benzene rings is 3. The Hall–Kier alpha value is -0.950. The summed E-state index contributed by atoms with van der Waals surface area (Å²) in [7, 11) is -13.7. The van der Waals surface area contributed by atoms with Crippen LogP contribution in [0.5, 0.6) is 0 Å². The van der Waals surface area contributed by atoms with Crippen molar-refractivity contribution in [3.8, 4) is 0 Å². The van der Waals surface area contributed by atoms with Gasteiger partial charge in [0.05, 0.1) is 38.2 Å². The van der Waals surface area contributed by atoms with E-state index in [1.165, 1.54) is 18.2 Å². The zero-order valence-electron chi connectivity index (χ0n) is 35.1. The largest absolute Gasteiger partial charge is 1.00 e. The molecule has 21 heteroatoms. The maximum absolute atomic E-state index is 12.0. The average Bonchev–Trinajstić information content (AvgIpc) is 3.50. The molecular formula is C40H42N2Na3O12S4+. The van der Waals surface area contributed by atoms with E-state index < -0.39 is 57.6 Å². The van der Waals surface area contributed by atoms with Crippen molar-refractivity contribution < 1.29 is 147 Å². The third-order valence-corrected chi connectivity index (χ3v) is 13.6. The van der Waals surface area contributed by atoms with Crippen LogP contribution in [0.25, 0.3) is 5.57 Å². The van der Waals surface area contributed by atoms with E-state index in [4.69, 9.17) is 0 Å². The number of fused-ring (bicyclic) bond motifs is 2. The van der Waals surface area contributed by atoms with E-state index >= 15 is 0 Å². The van der Waals surface area contributed by atoms with Crippen molar-refractivity contribution in [2.45, 2.75) is 67.6 Å². The minimum atomic E-state index is -4.79. The summed E-state index contributed by atoms with van der Waals surface area (Å²) in [6.45, 7) is 7.43. The second-order valence-electron chi connectivity index (χ2n) is 15.2. The Morgan fingerprint density at radius 2 is 1.52 bits per heavy atom. The molecule has 3 aromatic rings. The fraction of sp³-hybridized carbons (Fsp3) is 0.325. The van der Waals surface area contributed by atoms with Gasteiger partial charge in [-0.25, -0.2) is 16.8 Å². The third kappa shape index (κ3) is 12.7. The molecule has 0 fully saturated rings. The zero-order valence-corrected chi connectivity index (χ0v) is 44.3. The van der Waals surface area contributed by atoms with Gasteiger partial charge in [0.2, 0.25) is 5.69 Å². The van der Waals surface area contributed by atoms with E-state index in [1.54, 1.807) is 17.0 Å². The summed E-state index contributed by atoms with van der Waals surface area (Å²) in [6.07, 6.45) is 9.92. The van der Waals surface area contributed by atoms with E-state index in [-0.39, 0.29) is 102 Å². The summed E-state index contributed by atoms with van der Waals surface area (Å²) >= 11 is 0.742. The zero-order chi connectivity index (χ0) is 42.3. The van der Waals surface area contributed by atoms with Gasteiger partial charge in [0.1, 0.15) is 15.9 Å². The minimum absolute atomic E-state index is 0. The van der Waals surface area contributed by atoms with Crippen LogP contribution in [0.3, 0.4) is 0 Å². The molecule has 0 atom stereocenters. The summed E-state index contributed by atoms with van der Waals surface area (Å²) in [6, 6.07) is 19.0. The molecule has 2 heterocycles. The molecule has 61 heavy (non-hydrogen) atoms. The molecule has 0 amide bonds. The first-order chi connectivity index (χ1) is 27.1. The molecule has 0 saturated heterocycles. The molecule has 6 rings (SSSR count). The number of anilines is 1. The van der Waals surface area contributed by atoms with Gasteiger partial charge in [0, 0.05) is 45.9 Å².